The van der Waals surface area contributed by atoms with Crippen LogP contribution in [-0.4, -0.2) is 60.2 Å². The largest absolute Gasteiger partial charge is 0.362 e. The summed E-state index contributed by atoms with van der Waals surface area (Å²) in [5.41, 5.74) is 0.937. The molecule has 2 N–H and O–H groups in total. The zero-order valence-electron chi connectivity index (χ0n) is 17.9. The van der Waals surface area contributed by atoms with Crippen molar-refractivity contribution in [2.75, 3.05) is 49.5 Å². The van der Waals surface area contributed by atoms with E-state index in [4.69, 9.17) is 39.8 Å². The second-order valence-corrected chi connectivity index (χ2v) is 9.17. The minimum Gasteiger partial charge on any atom is -0.362 e. The van der Waals surface area contributed by atoms with Crippen LogP contribution >= 0.6 is 59.6 Å². The van der Waals surface area contributed by atoms with Crippen LogP contribution in [0.25, 0.3) is 0 Å². The van der Waals surface area contributed by atoms with E-state index in [1.165, 1.54) is 12.8 Å². The standard InChI is InChI=1S/C21H27Cl3N6.2ClH/c1-14(17-5-4-15(22)11-18(17)23)27-20-19(24)13-26-21(28-20)30-9-7-29(8-10-30)16-3-2-6-25-12-16;;/h4-5,11,13-14,16,25H,2-3,6-10,12H2,1H3,(H,26,27,28);2*1H/t14-,16?;;/m1../s1. The maximum Gasteiger partial charge on any atom is 0.227 e. The number of nitrogens with one attached hydrogen (secondary N) is 2. The van der Waals surface area contributed by atoms with E-state index in [9.17, 15) is 0 Å². The second kappa shape index (κ2) is 12.7. The Bertz CT molecular complexity index is 872. The van der Waals surface area contributed by atoms with Gasteiger partial charge in [0.1, 0.15) is 5.02 Å². The van der Waals surface area contributed by atoms with Gasteiger partial charge in [0.25, 0.3) is 0 Å². The molecule has 0 bridgehead atoms. The van der Waals surface area contributed by atoms with Crippen LogP contribution in [0.15, 0.2) is 24.4 Å². The van der Waals surface area contributed by atoms with Crippen LogP contribution in [0.5, 0.6) is 0 Å². The lowest BCUT2D eigenvalue weighted by molar-refractivity contribution is 0.157. The Morgan fingerprint density at radius 3 is 2.50 bits per heavy atom. The van der Waals surface area contributed by atoms with Gasteiger partial charge in [-0.1, -0.05) is 40.9 Å². The first kappa shape index (κ1) is 27.5. The van der Waals surface area contributed by atoms with Gasteiger partial charge in [-0.15, -0.1) is 24.8 Å². The van der Waals surface area contributed by atoms with Crippen LogP contribution in [0.1, 0.15) is 31.4 Å². The topological polar surface area (TPSA) is 56.3 Å². The molecule has 0 saturated carbocycles. The molecule has 178 valence electrons. The molecule has 2 atom stereocenters. The van der Waals surface area contributed by atoms with Crippen LogP contribution in [-0.2, 0) is 0 Å². The molecular formula is C21H29Cl5N6. The molecule has 4 rings (SSSR count). The summed E-state index contributed by atoms with van der Waals surface area (Å²) in [6, 6.07) is 6.05. The average molecular weight is 543 g/mol. The fourth-order valence-corrected chi connectivity index (χ4v) is 4.90. The lowest BCUT2D eigenvalue weighted by Crippen LogP contribution is -2.54. The molecule has 6 nitrogen and oxygen atoms in total. The molecule has 2 aromatic rings. The number of piperazine rings is 1. The molecule has 32 heavy (non-hydrogen) atoms. The number of aromatic nitrogens is 2. The van der Waals surface area contributed by atoms with Gasteiger partial charge in [0.15, 0.2) is 5.82 Å². The van der Waals surface area contributed by atoms with E-state index in [0.29, 0.717) is 32.9 Å². The van der Waals surface area contributed by atoms with E-state index in [2.05, 4.69) is 25.4 Å². The highest BCUT2D eigenvalue weighted by molar-refractivity contribution is 6.35. The van der Waals surface area contributed by atoms with E-state index < -0.39 is 0 Å². The summed E-state index contributed by atoms with van der Waals surface area (Å²) in [5, 5.41) is 8.59. The molecule has 1 aromatic carbocycles. The molecule has 2 aliphatic heterocycles. The predicted molar refractivity (Wildman–Crippen MR) is 140 cm³/mol. The van der Waals surface area contributed by atoms with Crippen LogP contribution in [0, 0.1) is 0 Å². The van der Waals surface area contributed by atoms with Crippen molar-refractivity contribution in [1.29, 1.82) is 0 Å². The van der Waals surface area contributed by atoms with Gasteiger partial charge in [-0.2, -0.15) is 4.98 Å². The molecule has 1 aromatic heterocycles. The Hall–Kier alpha value is -0.730. The van der Waals surface area contributed by atoms with Crippen molar-refractivity contribution < 1.29 is 0 Å². The highest BCUT2D eigenvalue weighted by Crippen LogP contribution is 2.30. The zero-order chi connectivity index (χ0) is 21.1. The third-order valence-corrected chi connectivity index (χ3v) is 6.74. The number of rotatable bonds is 5. The lowest BCUT2D eigenvalue weighted by atomic mass is 10.1. The van der Waals surface area contributed by atoms with E-state index >= 15 is 0 Å². The molecule has 1 unspecified atom stereocenters. The third kappa shape index (κ3) is 6.66. The summed E-state index contributed by atoms with van der Waals surface area (Å²) in [6.07, 6.45) is 4.21. The van der Waals surface area contributed by atoms with Gasteiger partial charge in [-0.05, 0) is 44.0 Å². The first-order valence-electron chi connectivity index (χ1n) is 10.4. The van der Waals surface area contributed by atoms with Crippen molar-refractivity contribution >= 4 is 71.4 Å². The Balaban J connectivity index is 0.00000181. The summed E-state index contributed by atoms with van der Waals surface area (Å²) in [5.74, 6) is 1.32. The normalized spacial score (nSPS) is 20.1. The first-order valence-corrected chi connectivity index (χ1v) is 11.6. The average Bonchev–Trinajstić information content (AvgIpc) is 2.76. The van der Waals surface area contributed by atoms with E-state index in [1.807, 2.05) is 19.1 Å². The fraction of sp³-hybridized carbons (Fsp3) is 0.524. The van der Waals surface area contributed by atoms with Gasteiger partial charge in [0, 0.05) is 48.8 Å². The Morgan fingerprint density at radius 1 is 1.09 bits per heavy atom. The van der Waals surface area contributed by atoms with Crippen LogP contribution < -0.4 is 15.5 Å². The Kier molecular flexibility index (Phi) is 10.9. The lowest BCUT2D eigenvalue weighted by Gasteiger charge is -2.40. The molecule has 3 heterocycles. The van der Waals surface area contributed by atoms with Crippen LogP contribution in [0.3, 0.4) is 0 Å². The third-order valence-electron chi connectivity index (χ3n) is 5.90. The van der Waals surface area contributed by atoms with Gasteiger partial charge in [0.05, 0.1) is 12.2 Å². The van der Waals surface area contributed by atoms with Crippen molar-refractivity contribution in [1.82, 2.24) is 20.2 Å². The summed E-state index contributed by atoms with van der Waals surface area (Å²) in [4.78, 5) is 14.0. The molecular weight excluding hydrogens is 514 g/mol. The molecule has 2 fully saturated rings. The van der Waals surface area contributed by atoms with Gasteiger partial charge in [-0.3, -0.25) is 4.90 Å². The number of hydrogen-bond acceptors (Lipinski definition) is 6. The predicted octanol–water partition coefficient (Wildman–Crippen LogP) is 5.33. The summed E-state index contributed by atoms with van der Waals surface area (Å²) in [7, 11) is 0. The highest BCUT2D eigenvalue weighted by Gasteiger charge is 2.26. The highest BCUT2D eigenvalue weighted by atomic mass is 35.5. The van der Waals surface area contributed by atoms with Gasteiger partial charge >= 0.3 is 0 Å². The Labute approximate surface area is 217 Å². The quantitative estimate of drug-likeness (QED) is 0.533. The minimum atomic E-state index is -0.0781. The van der Waals surface area contributed by atoms with Gasteiger partial charge in [-0.25, -0.2) is 4.98 Å². The van der Waals surface area contributed by atoms with E-state index in [1.54, 1.807) is 12.3 Å². The number of hydrogen-bond donors (Lipinski definition) is 2. The molecule has 0 radical (unpaired) electrons. The minimum absolute atomic E-state index is 0. The van der Waals surface area contributed by atoms with E-state index in [-0.39, 0.29) is 30.9 Å². The van der Waals surface area contributed by atoms with Crippen molar-refractivity contribution in [3.8, 4) is 0 Å². The summed E-state index contributed by atoms with van der Waals surface area (Å²) in [6.45, 7) is 8.13. The second-order valence-electron chi connectivity index (χ2n) is 7.92. The number of anilines is 2. The van der Waals surface area contributed by atoms with Crippen LogP contribution in [0.2, 0.25) is 15.1 Å². The zero-order valence-corrected chi connectivity index (χ0v) is 21.8. The summed E-state index contributed by atoms with van der Waals surface area (Å²) >= 11 is 18.7. The molecule has 0 aliphatic carbocycles. The maximum absolute atomic E-state index is 6.38. The molecule has 0 amide bonds. The van der Waals surface area contributed by atoms with Crippen molar-refractivity contribution in [3.05, 3.63) is 45.0 Å². The molecule has 11 heteroatoms. The summed E-state index contributed by atoms with van der Waals surface area (Å²) < 4.78 is 0. The SMILES string of the molecule is C[C@@H](Nc1nc(N2CCN(C3CCCNC3)CC2)ncc1Cl)c1ccc(Cl)cc1Cl.Cl.Cl. The van der Waals surface area contributed by atoms with Crippen molar-refractivity contribution in [2.45, 2.75) is 31.8 Å². The maximum atomic E-state index is 6.38. The van der Waals surface area contributed by atoms with E-state index in [0.717, 1.165) is 44.8 Å². The molecule has 2 saturated heterocycles. The number of nitrogens with zero attached hydrogens (tertiary/aromatic N) is 4. The fourth-order valence-electron chi connectivity index (χ4n) is 4.18. The van der Waals surface area contributed by atoms with Crippen LogP contribution in [0.4, 0.5) is 11.8 Å². The number of piperidine rings is 1. The monoisotopic (exact) mass is 540 g/mol. The van der Waals surface area contributed by atoms with Crippen molar-refractivity contribution in [3.63, 3.8) is 0 Å². The van der Waals surface area contributed by atoms with Crippen molar-refractivity contribution in [2.24, 2.45) is 0 Å². The smallest absolute Gasteiger partial charge is 0.227 e. The van der Waals surface area contributed by atoms with Gasteiger partial charge < -0.3 is 15.5 Å². The number of benzene rings is 1. The van der Waals surface area contributed by atoms with Gasteiger partial charge in [0.2, 0.25) is 5.95 Å². The Morgan fingerprint density at radius 2 is 1.84 bits per heavy atom. The molecule has 2 aliphatic rings. The first-order chi connectivity index (χ1) is 14.5. The molecule has 0 spiro atoms. The number of halogens is 5.